The maximum absolute atomic E-state index is 13.5. The number of sulfonamides is 1. The number of nitrogens with one attached hydrogen (secondary N) is 1. The van der Waals surface area contributed by atoms with Crippen LogP contribution in [0.15, 0.2) is 95.9 Å². The third-order valence-corrected chi connectivity index (χ3v) is 7.78. The van der Waals surface area contributed by atoms with Crippen LogP contribution in [0, 0.1) is 0 Å². The van der Waals surface area contributed by atoms with E-state index in [1.807, 2.05) is 42.5 Å². The third kappa shape index (κ3) is 4.20. The molecular formula is C26H21ClN2O4S. The summed E-state index contributed by atoms with van der Waals surface area (Å²) in [6.45, 7) is 0.116. The van der Waals surface area contributed by atoms with E-state index in [1.54, 1.807) is 30.3 Å². The van der Waals surface area contributed by atoms with E-state index in [9.17, 15) is 13.2 Å². The monoisotopic (exact) mass is 492 g/mol. The summed E-state index contributed by atoms with van der Waals surface area (Å²) >= 11 is 6.15. The summed E-state index contributed by atoms with van der Waals surface area (Å²) in [5, 5.41) is 5.40. The minimum Gasteiger partial charge on any atom is -0.476 e. The van der Waals surface area contributed by atoms with Crippen LogP contribution in [0.25, 0.3) is 10.8 Å². The minimum atomic E-state index is -3.94. The molecule has 0 unspecified atom stereocenters. The van der Waals surface area contributed by atoms with Gasteiger partial charge in [0, 0.05) is 11.6 Å². The number of nitrogens with zero attached hydrogens (tertiary/aromatic N) is 1. The maximum atomic E-state index is 13.5. The second-order valence-corrected chi connectivity index (χ2v) is 10.2. The Morgan fingerprint density at radius 1 is 0.971 bits per heavy atom. The lowest BCUT2D eigenvalue weighted by Crippen LogP contribution is -2.50. The van der Waals surface area contributed by atoms with E-state index in [1.165, 1.54) is 22.5 Å². The zero-order valence-corrected chi connectivity index (χ0v) is 19.6. The number of halogens is 1. The first-order chi connectivity index (χ1) is 16.4. The van der Waals surface area contributed by atoms with Crippen molar-refractivity contribution in [2.45, 2.75) is 17.5 Å². The molecular weight excluding hydrogens is 472 g/mol. The number of rotatable bonds is 5. The van der Waals surface area contributed by atoms with Gasteiger partial charge in [-0.05, 0) is 46.7 Å². The smallest absolute Gasteiger partial charge is 0.264 e. The zero-order valence-electron chi connectivity index (χ0n) is 18.0. The largest absolute Gasteiger partial charge is 0.476 e. The van der Waals surface area contributed by atoms with Gasteiger partial charge in [-0.2, -0.15) is 0 Å². The summed E-state index contributed by atoms with van der Waals surface area (Å²) in [5.74, 6) is -0.123. The quantitative estimate of drug-likeness (QED) is 0.435. The van der Waals surface area contributed by atoms with Gasteiger partial charge < -0.3 is 10.1 Å². The lowest BCUT2D eigenvalue weighted by Gasteiger charge is -2.35. The molecule has 1 amide bonds. The third-order valence-electron chi connectivity index (χ3n) is 5.75. The molecule has 0 fully saturated rings. The van der Waals surface area contributed by atoms with E-state index in [-0.39, 0.29) is 17.2 Å². The van der Waals surface area contributed by atoms with Crippen molar-refractivity contribution < 1.29 is 17.9 Å². The maximum Gasteiger partial charge on any atom is 0.264 e. The van der Waals surface area contributed by atoms with Gasteiger partial charge in [0.1, 0.15) is 5.75 Å². The summed E-state index contributed by atoms with van der Waals surface area (Å²) in [6.07, 6.45) is -1.03. The Bertz CT molecular complexity index is 1470. The Morgan fingerprint density at radius 3 is 2.53 bits per heavy atom. The van der Waals surface area contributed by atoms with Crippen molar-refractivity contribution in [2.24, 2.45) is 0 Å². The topological polar surface area (TPSA) is 75.7 Å². The van der Waals surface area contributed by atoms with Crippen molar-refractivity contribution >= 4 is 44.0 Å². The summed E-state index contributed by atoms with van der Waals surface area (Å²) in [7, 11) is -3.94. The molecule has 0 aromatic heterocycles. The molecule has 4 aromatic carbocycles. The van der Waals surface area contributed by atoms with Gasteiger partial charge in [-0.1, -0.05) is 72.3 Å². The van der Waals surface area contributed by atoms with Crippen molar-refractivity contribution in [3.63, 3.8) is 0 Å². The molecule has 34 heavy (non-hydrogen) atoms. The molecule has 0 saturated carbocycles. The molecule has 1 N–H and O–H groups in total. The Morgan fingerprint density at radius 2 is 1.71 bits per heavy atom. The molecule has 0 bridgehead atoms. The van der Waals surface area contributed by atoms with Crippen LogP contribution in [-0.4, -0.2) is 27.0 Å². The summed E-state index contributed by atoms with van der Waals surface area (Å²) in [4.78, 5) is 13.2. The van der Waals surface area contributed by atoms with Crippen molar-refractivity contribution in [2.75, 3.05) is 10.8 Å². The number of fused-ring (bicyclic) bond motifs is 2. The fourth-order valence-electron chi connectivity index (χ4n) is 4.05. The molecule has 5 rings (SSSR count). The van der Waals surface area contributed by atoms with Gasteiger partial charge in [0.2, 0.25) is 0 Å². The van der Waals surface area contributed by atoms with Crippen LogP contribution < -0.4 is 14.4 Å². The number of carbonyl (C=O) groups is 1. The normalized spacial score (nSPS) is 15.4. The van der Waals surface area contributed by atoms with E-state index < -0.39 is 22.0 Å². The van der Waals surface area contributed by atoms with Gasteiger partial charge in [0.25, 0.3) is 15.9 Å². The molecule has 0 spiro atoms. The van der Waals surface area contributed by atoms with E-state index >= 15 is 0 Å². The first-order valence-electron chi connectivity index (χ1n) is 10.7. The molecule has 1 aliphatic rings. The summed E-state index contributed by atoms with van der Waals surface area (Å²) in [5.41, 5.74) is 1.26. The van der Waals surface area contributed by atoms with Gasteiger partial charge in [-0.3, -0.25) is 9.10 Å². The molecule has 0 saturated heterocycles. The number of amides is 1. The van der Waals surface area contributed by atoms with Crippen LogP contribution in [0.4, 0.5) is 5.69 Å². The molecule has 6 nitrogen and oxygen atoms in total. The van der Waals surface area contributed by atoms with Crippen LogP contribution in [0.3, 0.4) is 0 Å². The lowest BCUT2D eigenvalue weighted by atomic mass is 10.0. The van der Waals surface area contributed by atoms with Gasteiger partial charge in [0.15, 0.2) is 6.10 Å². The van der Waals surface area contributed by atoms with Crippen LogP contribution in [0.5, 0.6) is 5.75 Å². The number of hydrogen-bond acceptors (Lipinski definition) is 4. The zero-order chi connectivity index (χ0) is 23.7. The van der Waals surface area contributed by atoms with Gasteiger partial charge in [-0.25, -0.2) is 8.42 Å². The fraction of sp³-hybridized carbons (Fsp3) is 0.115. The first kappa shape index (κ1) is 22.3. The Balaban J connectivity index is 1.42. The van der Waals surface area contributed by atoms with Crippen LogP contribution in [0.2, 0.25) is 5.02 Å². The number of carbonyl (C=O) groups excluding carboxylic acids is 1. The molecule has 1 heterocycles. The van der Waals surface area contributed by atoms with Crippen LogP contribution >= 0.6 is 11.6 Å². The molecule has 8 heteroatoms. The number of benzene rings is 4. The summed E-state index contributed by atoms with van der Waals surface area (Å²) < 4.78 is 34.0. The second kappa shape index (κ2) is 9.00. The van der Waals surface area contributed by atoms with E-state index in [2.05, 4.69) is 5.32 Å². The molecule has 4 aromatic rings. The lowest BCUT2D eigenvalue weighted by molar-refractivity contribution is -0.127. The van der Waals surface area contributed by atoms with Crippen molar-refractivity contribution in [1.82, 2.24) is 5.32 Å². The van der Waals surface area contributed by atoms with Crippen molar-refractivity contribution in [3.8, 4) is 5.75 Å². The standard InChI is InChI=1S/C26H21ClN2O4S/c27-20-13-14-24-23(15-20)29(34(31,32)21-10-2-1-3-11-21)17-25(33-24)26(30)28-16-19-9-6-8-18-7-4-5-12-22(18)19/h1-15,25H,16-17H2,(H,28,30)/t25-/m1/s1. The van der Waals surface area contributed by atoms with Crippen LogP contribution in [0.1, 0.15) is 5.56 Å². The first-order valence-corrected chi connectivity index (χ1v) is 12.5. The highest BCUT2D eigenvalue weighted by Gasteiger charge is 2.37. The molecule has 0 aliphatic carbocycles. The predicted molar refractivity (Wildman–Crippen MR) is 133 cm³/mol. The summed E-state index contributed by atoms with van der Waals surface area (Å²) in [6, 6.07) is 26.6. The Labute approximate surface area is 202 Å². The second-order valence-electron chi connectivity index (χ2n) is 7.92. The molecule has 1 atom stereocenters. The van der Waals surface area contributed by atoms with Crippen molar-refractivity contribution in [1.29, 1.82) is 0 Å². The van der Waals surface area contributed by atoms with Gasteiger partial charge in [-0.15, -0.1) is 0 Å². The predicted octanol–water partition coefficient (Wildman–Crippen LogP) is 4.77. The SMILES string of the molecule is O=C(NCc1cccc2ccccc12)[C@H]1CN(S(=O)(=O)c2ccccc2)c2cc(Cl)ccc2O1. The number of anilines is 1. The minimum absolute atomic E-state index is 0.123. The van der Waals surface area contributed by atoms with E-state index in [0.717, 1.165) is 16.3 Å². The molecule has 1 aliphatic heterocycles. The van der Waals surface area contributed by atoms with E-state index in [0.29, 0.717) is 17.3 Å². The highest BCUT2D eigenvalue weighted by Crippen LogP contribution is 2.38. The number of ether oxygens (including phenoxy) is 1. The average Bonchev–Trinajstić information content (AvgIpc) is 2.87. The fourth-order valence-corrected chi connectivity index (χ4v) is 5.71. The average molecular weight is 493 g/mol. The number of hydrogen-bond donors (Lipinski definition) is 1. The highest BCUT2D eigenvalue weighted by molar-refractivity contribution is 7.92. The van der Waals surface area contributed by atoms with Gasteiger partial charge in [0.05, 0.1) is 17.1 Å². The Kier molecular flexibility index (Phi) is 5.89. The molecule has 0 radical (unpaired) electrons. The highest BCUT2D eigenvalue weighted by atomic mass is 35.5. The van der Waals surface area contributed by atoms with Crippen LogP contribution in [-0.2, 0) is 21.4 Å². The van der Waals surface area contributed by atoms with E-state index in [4.69, 9.17) is 16.3 Å². The van der Waals surface area contributed by atoms with Gasteiger partial charge >= 0.3 is 0 Å². The molecule has 172 valence electrons. The Hall–Kier alpha value is -3.55. The van der Waals surface area contributed by atoms with Crippen molar-refractivity contribution in [3.05, 3.63) is 102 Å².